The highest BCUT2D eigenvalue weighted by atomic mass is 35.5. The molecule has 0 fully saturated rings. The molecule has 0 saturated carbocycles. The molecule has 0 spiro atoms. The van der Waals surface area contributed by atoms with Crippen LogP contribution in [0.2, 0.25) is 5.02 Å². The van der Waals surface area contributed by atoms with Crippen LogP contribution in [0.4, 0.5) is 18.9 Å². The van der Waals surface area contributed by atoms with E-state index in [1.807, 2.05) is 0 Å². The van der Waals surface area contributed by atoms with Crippen LogP contribution in [0.15, 0.2) is 18.2 Å². The van der Waals surface area contributed by atoms with E-state index < -0.39 is 34.8 Å². The number of carbonyl (C=O) groups is 2. The molecular weight excluding hydrogens is 291 g/mol. The molecular formula is C10H5ClF3NO4. The number of benzene rings is 1. The molecule has 102 valence electrons. The van der Waals surface area contributed by atoms with Crippen LogP contribution in [-0.4, -0.2) is 22.7 Å². The molecule has 0 aliphatic rings. The van der Waals surface area contributed by atoms with E-state index in [2.05, 4.69) is 0 Å². The summed E-state index contributed by atoms with van der Waals surface area (Å²) in [5.74, 6) is -3.35. The van der Waals surface area contributed by atoms with E-state index >= 15 is 0 Å². The SMILES string of the molecule is O=C(CC(=O)C(F)(F)F)c1ccc([N+](=O)[O-])cc1Cl. The Morgan fingerprint density at radius 2 is 1.89 bits per heavy atom. The zero-order chi connectivity index (χ0) is 14.8. The van der Waals surface area contributed by atoms with Gasteiger partial charge >= 0.3 is 6.18 Å². The van der Waals surface area contributed by atoms with Gasteiger partial charge in [0.25, 0.3) is 5.69 Å². The van der Waals surface area contributed by atoms with Crippen LogP contribution in [0, 0.1) is 10.1 Å². The molecule has 1 aromatic carbocycles. The number of hydrogen-bond acceptors (Lipinski definition) is 4. The van der Waals surface area contributed by atoms with Crippen molar-refractivity contribution in [2.24, 2.45) is 0 Å². The largest absolute Gasteiger partial charge is 0.450 e. The number of nitro groups is 1. The number of ketones is 2. The van der Waals surface area contributed by atoms with Crippen LogP contribution in [0.3, 0.4) is 0 Å². The number of alkyl halides is 3. The van der Waals surface area contributed by atoms with Gasteiger partial charge in [0.2, 0.25) is 5.78 Å². The summed E-state index contributed by atoms with van der Waals surface area (Å²) >= 11 is 5.55. The molecule has 9 heteroatoms. The summed E-state index contributed by atoms with van der Waals surface area (Å²) in [7, 11) is 0. The third kappa shape index (κ3) is 3.75. The molecule has 0 aliphatic carbocycles. The maximum Gasteiger partial charge on any atom is 0.450 e. The summed E-state index contributed by atoms with van der Waals surface area (Å²) < 4.78 is 35.9. The standard InChI is InChI=1S/C10H5ClF3NO4/c11-7-3-5(15(18)19)1-2-6(7)8(16)4-9(17)10(12,13)14/h1-3H,4H2. The lowest BCUT2D eigenvalue weighted by molar-refractivity contribution is -0.384. The summed E-state index contributed by atoms with van der Waals surface area (Å²) in [6, 6.07) is 2.65. The molecule has 5 nitrogen and oxygen atoms in total. The first-order valence-corrected chi connectivity index (χ1v) is 5.08. The van der Waals surface area contributed by atoms with Crippen molar-refractivity contribution in [3.05, 3.63) is 38.9 Å². The monoisotopic (exact) mass is 295 g/mol. The molecule has 1 aromatic rings. The highest BCUT2D eigenvalue weighted by Gasteiger charge is 2.39. The van der Waals surface area contributed by atoms with E-state index in [4.69, 9.17) is 11.6 Å². The van der Waals surface area contributed by atoms with Gasteiger partial charge in [-0.3, -0.25) is 19.7 Å². The second-order valence-corrected chi connectivity index (χ2v) is 3.85. The van der Waals surface area contributed by atoms with Crippen LogP contribution < -0.4 is 0 Å². The normalized spacial score (nSPS) is 11.2. The zero-order valence-electron chi connectivity index (χ0n) is 9.03. The lowest BCUT2D eigenvalue weighted by Gasteiger charge is -2.05. The Balaban J connectivity index is 2.96. The third-order valence-electron chi connectivity index (χ3n) is 2.10. The van der Waals surface area contributed by atoms with Gasteiger partial charge in [0.05, 0.1) is 16.4 Å². The minimum Gasteiger partial charge on any atom is -0.294 e. The molecule has 0 bridgehead atoms. The molecule has 0 radical (unpaired) electrons. The lowest BCUT2D eigenvalue weighted by atomic mass is 10.1. The Morgan fingerprint density at radius 3 is 2.32 bits per heavy atom. The minimum absolute atomic E-state index is 0.370. The molecule has 0 heterocycles. The molecule has 0 amide bonds. The van der Waals surface area contributed by atoms with Crippen molar-refractivity contribution >= 4 is 28.9 Å². The number of hydrogen-bond donors (Lipinski definition) is 0. The van der Waals surface area contributed by atoms with Gasteiger partial charge in [-0.1, -0.05) is 11.6 Å². The second-order valence-electron chi connectivity index (χ2n) is 3.44. The van der Waals surface area contributed by atoms with E-state index in [1.54, 1.807) is 0 Å². The topological polar surface area (TPSA) is 77.3 Å². The van der Waals surface area contributed by atoms with E-state index in [0.29, 0.717) is 0 Å². The fraction of sp³-hybridized carbons (Fsp3) is 0.200. The van der Waals surface area contributed by atoms with Gasteiger partial charge in [0.1, 0.15) is 0 Å². The first kappa shape index (κ1) is 15.1. The van der Waals surface area contributed by atoms with Gasteiger partial charge in [-0.2, -0.15) is 13.2 Å². The quantitative estimate of drug-likeness (QED) is 0.370. The molecule has 0 unspecified atom stereocenters. The smallest absolute Gasteiger partial charge is 0.294 e. The predicted molar refractivity (Wildman–Crippen MR) is 58.1 cm³/mol. The number of Topliss-reactive ketones (excluding diaryl/α,β-unsaturated/α-hetero) is 2. The Bertz CT molecular complexity index is 556. The van der Waals surface area contributed by atoms with E-state index in [1.165, 1.54) is 0 Å². The predicted octanol–water partition coefficient (Wildman–Crippen LogP) is 2.95. The number of nitrogens with zero attached hydrogens (tertiary/aromatic N) is 1. The molecule has 0 N–H and O–H groups in total. The number of carbonyl (C=O) groups excluding carboxylic acids is 2. The van der Waals surface area contributed by atoms with Gasteiger partial charge in [-0.05, 0) is 6.07 Å². The molecule has 0 aliphatic heterocycles. The molecule has 0 aromatic heterocycles. The zero-order valence-corrected chi connectivity index (χ0v) is 9.79. The van der Waals surface area contributed by atoms with Gasteiger partial charge in [-0.15, -0.1) is 0 Å². The van der Waals surface area contributed by atoms with E-state index in [-0.39, 0.29) is 10.6 Å². The summed E-state index contributed by atoms with van der Waals surface area (Å²) in [5, 5.41) is 10.0. The number of non-ortho nitro benzene ring substituents is 1. The molecule has 0 atom stereocenters. The maximum absolute atomic E-state index is 12.0. The van der Waals surface area contributed by atoms with Gasteiger partial charge in [0, 0.05) is 17.7 Å². The second kappa shape index (κ2) is 5.35. The fourth-order valence-corrected chi connectivity index (χ4v) is 1.47. The maximum atomic E-state index is 12.0. The van der Waals surface area contributed by atoms with Gasteiger partial charge < -0.3 is 0 Å². The van der Waals surface area contributed by atoms with E-state index in [0.717, 1.165) is 18.2 Å². The molecule has 19 heavy (non-hydrogen) atoms. The van der Waals surface area contributed by atoms with Gasteiger partial charge in [-0.25, -0.2) is 0 Å². The van der Waals surface area contributed by atoms with Crippen LogP contribution in [-0.2, 0) is 4.79 Å². The highest BCUT2D eigenvalue weighted by Crippen LogP contribution is 2.25. The summed E-state index contributed by atoms with van der Waals surface area (Å²) in [6.45, 7) is 0. The Labute approximate surface area is 109 Å². The number of halogens is 4. The Morgan fingerprint density at radius 1 is 1.32 bits per heavy atom. The minimum atomic E-state index is -5.11. The third-order valence-corrected chi connectivity index (χ3v) is 2.41. The van der Waals surface area contributed by atoms with Crippen molar-refractivity contribution in [1.82, 2.24) is 0 Å². The van der Waals surface area contributed by atoms with Crippen LogP contribution >= 0.6 is 11.6 Å². The Kier molecular flexibility index (Phi) is 4.25. The molecule has 1 rings (SSSR count). The van der Waals surface area contributed by atoms with Crippen LogP contribution in [0.1, 0.15) is 16.8 Å². The van der Waals surface area contributed by atoms with Crippen molar-refractivity contribution in [2.75, 3.05) is 0 Å². The lowest BCUT2D eigenvalue weighted by Crippen LogP contribution is -2.25. The summed E-state index contributed by atoms with van der Waals surface area (Å²) in [5.41, 5.74) is -0.784. The summed E-state index contributed by atoms with van der Waals surface area (Å²) in [6.07, 6.45) is -6.50. The van der Waals surface area contributed by atoms with Crippen molar-refractivity contribution in [3.8, 4) is 0 Å². The Hall–Kier alpha value is -1.96. The van der Waals surface area contributed by atoms with Crippen LogP contribution in [0.5, 0.6) is 0 Å². The fourth-order valence-electron chi connectivity index (χ4n) is 1.18. The van der Waals surface area contributed by atoms with Crippen molar-refractivity contribution in [3.63, 3.8) is 0 Å². The summed E-state index contributed by atoms with van der Waals surface area (Å²) in [4.78, 5) is 31.7. The van der Waals surface area contributed by atoms with Crippen LogP contribution in [0.25, 0.3) is 0 Å². The van der Waals surface area contributed by atoms with Gasteiger partial charge in [0.15, 0.2) is 5.78 Å². The van der Waals surface area contributed by atoms with E-state index in [9.17, 15) is 32.9 Å². The highest BCUT2D eigenvalue weighted by molar-refractivity contribution is 6.34. The molecule has 0 saturated heterocycles. The number of rotatable bonds is 4. The average Bonchev–Trinajstić information content (AvgIpc) is 2.26. The first-order valence-electron chi connectivity index (χ1n) is 4.70. The first-order chi connectivity index (χ1) is 8.62. The van der Waals surface area contributed by atoms with Crippen molar-refractivity contribution in [2.45, 2.75) is 12.6 Å². The number of nitro benzene ring substituents is 1. The van der Waals surface area contributed by atoms with Crippen molar-refractivity contribution < 1.29 is 27.7 Å². The van der Waals surface area contributed by atoms with Crippen molar-refractivity contribution in [1.29, 1.82) is 0 Å². The average molecular weight is 296 g/mol.